The lowest BCUT2D eigenvalue weighted by atomic mass is 10.0. The lowest BCUT2D eigenvalue weighted by Crippen LogP contribution is -2.05. The Morgan fingerprint density at radius 1 is 0.900 bits per heavy atom. The Morgan fingerprint density at radius 3 is 1.95 bits per heavy atom. The highest BCUT2D eigenvalue weighted by atomic mass is 35.5. The first-order valence-electron chi connectivity index (χ1n) is 5.92. The van der Waals surface area contributed by atoms with E-state index in [9.17, 15) is 17.6 Å². The van der Waals surface area contributed by atoms with Crippen LogP contribution < -0.4 is 0 Å². The Kier molecular flexibility index (Phi) is 4.33. The van der Waals surface area contributed by atoms with Crippen molar-refractivity contribution in [2.45, 2.75) is 18.0 Å². The van der Waals surface area contributed by atoms with Gasteiger partial charge in [0.25, 0.3) is 0 Å². The summed E-state index contributed by atoms with van der Waals surface area (Å²) in [6.07, 6.45) is -3.93. The minimum Gasteiger partial charge on any atom is -0.207 e. The second-order valence-corrected chi connectivity index (χ2v) is 4.94. The highest BCUT2D eigenvalue weighted by Crippen LogP contribution is 2.31. The molecule has 0 saturated carbocycles. The predicted molar refractivity (Wildman–Crippen MR) is 70.1 cm³/mol. The molecule has 0 radical (unpaired) electrons. The molecule has 0 fully saturated rings. The molecule has 2 aromatic rings. The van der Waals surface area contributed by atoms with Crippen molar-refractivity contribution in [3.8, 4) is 0 Å². The van der Waals surface area contributed by atoms with Crippen LogP contribution >= 0.6 is 11.6 Å². The zero-order valence-corrected chi connectivity index (χ0v) is 11.0. The van der Waals surface area contributed by atoms with Crippen molar-refractivity contribution in [1.82, 2.24) is 0 Å². The average molecular weight is 303 g/mol. The number of alkyl halides is 4. The number of hydrogen-bond acceptors (Lipinski definition) is 0. The first-order chi connectivity index (χ1) is 9.36. The molecule has 0 nitrogen and oxygen atoms in total. The van der Waals surface area contributed by atoms with Crippen LogP contribution in [-0.4, -0.2) is 0 Å². The van der Waals surface area contributed by atoms with Crippen LogP contribution in [0.5, 0.6) is 0 Å². The minimum atomic E-state index is -4.35. The zero-order valence-electron chi connectivity index (χ0n) is 10.3. The van der Waals surface area contributed by atoms with Crippen LogP contribution in [0.3, 0.4) is 0 Å². The standard InChI is InChI=1S/C15H11ClF4/c16-14(9-10-1-7-13(17)8-2-10)11-3-5-12(6-4-11)15(18,19)20/h1-8,14H,9H2. The summed E-state index contributed by atoms with van der Waals surface area (Å²) in [6, 6.07) is 10.6. The van der Waals surface area contributed by atoms with Crippen LogP contribution in [0.1, 0.15) is 22.1 Å². The maximum Gasteiger partial charge on any atom is 0.416 e. The van der Waals surface area contributed by atoms with Crippen LogP contribution in [0.15, 0.2) is 48.5 Å². The molecule has 2 aromatic carbocycles. The molecular weight excluding hydrogens is 292 g/mol. The van der Waals surface area contributed by atoms with Gasteiger partial charge in [-0.25, -0.2) is 4.39 Å². The third-order valence-electron chi connectivity index (χ3n) is 2.93. The topological polar surface area (TPSA) is 0 Å². The Labute approximate surface area is 119 Å². The smallest absolute Gasteiger partial charge is 0.207 e. The first kappa shape index (κ1) is 14.9. The molecule has 2 rings (SSSR count). The second kappa shape index (κ2) is 5.83. The van der Waals surface area contributed by atoms with Crippen molar-refractivity contribution in [3.63, 3.8) is 0 Å². The molecule has 0 aliphatic heterocycles. The Balaban J connectivity index is 2.09. The number of rotatable bonds is 3. The van der Waals surface area contributed by atoms with Gasteiger partial charge < -0.3 is 0 Å². The number of halogens is 5. The van der Waals surface area contributed by atoms with E-state index in [4.69, 9.17) is 11.6 Å². The molecule has 1 unspecified atom stereocenters. The van der Waals surface area contributed by atoms with Crippen molar-refractivity contribution >= 4 is 11.6 Å². The van der Waals surface area contributed by atoms with Crippen LogP contribution in [0.4, 0.5) is 17.6 Å². The van der Waals surface area contributed by atoms with Gasteiger partial charge in [0.1, 0.15) is 5.82 Å². The monoisotopic (exact) mass is 302 g/mol. The summed E-state index contributed by atoms with van der Waals surface area (Å²) in [4.78, 5) is 0. The fourth-order valence-electron chi connectivity index (χ4n) is 1.83. The molecule has 0 aromatic heterocycles. The summed E-state index contributed by atoms with van der Waals surface area (Å²) in [7, 11) is 0. The Bertz CT molecular complexity index is 558. The molecule has 0 aliphatic carbocycles. The van der Waals surface area contributed by atoms with E-state index in [0.717, 1.165) is 17.7 Å². The molecule has 0 bridgehead atoms. The highest BCUT2D eigenvalue weighted by molar-refractivity contribution is 6.20. The van der Waals surface area contributed by atoms with Gasteiger partial charge in [0.05, 0.1) is 10.9 Å². The van der Waals surface area contributed by atoms with Gasteiger partial charge in [-0.15, -0.1) is 11.6 Å². The average Bonchev–Trinajstić information content (AvgIpc) is 2.40. The fourth-order valence-corrected chi connectivity index (χ4v) is 2.15. The van der Waals surface area contributed by atoms with Crippen LogP contribution in [0.2, 0.25) is 0 Å². The summed E-state index contributed by atoms with van der Waals surface area (Å²) in [5.74, 6) is -0.339. The van der Waals surface area contributed by atoms with Gasteiger partial charge in [-0.3, -0.25) is 0 Å². The summed E-state index contributed by atoms with van der Waals surface area (Å²) >= 11 is 6.17. The summed E-state index contributed by atoms with van der Waals surface area (Å²) in [5, 5.41) is -0.456. The van der Waals surface area contributed by atoms with E-state index in [-0.39, 0.29) is 5.82 Å². The van der Waals surface area contributed by atoms with E-state index in [1.165, 1.54) is 24.3 Å². The van der Waals surface area contributed by atoms with E-state index < -0.39 is 17.1 Å². The zero-order chi connectivity index (χ0) is 14.8. The molecule has 0 saturated heterocycles. The quantitative estimate of drug-likeness (QED) is 0.528. The summed E-state index contributed by atoms with van der Waals surface area (Å²) < 4.78 is 50.1. The highest BCUT2D eigenvalue weighted by Gasteiger charge is 2.30. The van der Waals surface area contributed by atoms with Gasteiger partial charge in [0.2, 0.25) is 0 Å². The minimum absolute atomic E-state index is 0.339. The van der Waals surface area contributed by atoms with Gasteiger partial charge in [0.15, 0.2) is 0 Å². The SMILES string of the molecule is Fc1ccc(CC(Cl)c2ccc(C(F)(F)F)cc2)cc1. The maximum atomic E-state index is 12.8. The first-order valence-corrected chi connectivity index (χ1v) is 6.35. The van der Waals surface area contributed by atoms with Crippen molar-refractivity contribution in [1.29, 1.82) is 0 Å². The van der Waals surface area contributed by atoms with Crippen molar-refractivity contribution in [2.24, 2.45) is 0 Å². The lowest BCUT2D eigenvalue weighted by Gasteiger charge is -2.12. The maximum absolute atomic E-state index is 12.8. The van der Waals surface area contributed by atoms with Gasteiger partial charge in [-0.05, 0) is 41.8 Å². The lowest BCUT2D eigenvalue weighted by molar-refractivity contribution is -0.137. The van der Waals surface area contributed by atoms with Crippen molar-refractivity contribution in [2.75, 3.05) is 0 Å². The van der Waals surface area contributed by atoms with E-state index >= 15 is 0 Å². The van der Waals surface area contributed by atoms with Gasteiger partial charge in [-0.1, -0.05) is 24.3 Å². The summed E-state index contributed by atoms with van der Waals surface area (Å²) in [6.45, 7) is 0. The second-order valence-electron chi connectivity index (χ2n) is 4.42. The van der Waals surface area contributed by atoms with Gasteiger partial charge in [-0.2, -0.15) is 13.2 Å². The Hall–Kier alpha value is -1.55. The van der Waals surface area contributed by atoms with E-state index in [1.807, 2.05) is 0 Å². The molecule has 0 heterocycles. The van der Waals surface area contributed by atoms with Crippen molar-refractivity contribution < 1.29 is 17.6 Å². The van der Waals surface area contributed by atoms with Crippen LogP contribution in [0.25, 0.3) is 0 Å². The largest absolute Gasteiger partial charge is 0.416 e. The molecular formula is C15H11ClF4. The van der Waals surface area contributed by atoms with E-state index in [2.05, 4.69) is 0 Å². The molecule has 0 amide bonds. The van der Waals surface area contributed by atoms with Crippen molar-refractivity contribution in [3.05, 3.63) is 71.0 Å². The molecule has 0 spiro atoms. The summed E-state index contributed by atoms with van der Waals surface area (Å²) in [5.41, 5.74) is 0.724. The normalized spacial score (nSPS) is 13.2. The molecule has 20 heavy (non-hydrogen) atoms. The molecule has 106 valence electrons. The third-order valence-corrected chi connectivity index (χ3v) is 3.33. The molecule has 0 aliphatic rings. The fraction of sp³-hybridized carbons (Fsp3) is 0.200. The molecule has 0 N–H and O–H groups in total. The number of benzene rings is 2. The van der Waals surface area contributed by atoms with Crippen LogP contribution in [0, 0.1) is 5.82 Å². The predicted octanol–water partition coefficient (Wildman–Crippen LogP) is 5.37. The molecule has 5 heteroatoms. The third kappa shape index (κ3) is 3.73. The van der Waals surface area contributed by atoms with Gasteiger partial charge >= 0.3 is 6.18 Å². The van der Waals surface area contributed by atoms with E-state index in [0.29, 0.717) is 12.0 Å². The molecule has 1 atom stereocenters. The number of hydrogen-bond donors (Lipinski definition) is 0. The van der Waals surface area contributed by atoms with Gasteiger partial charge in [0, 0.05) is 0 Å². The van der Waals surface area contributed by atoms with Crippen LogP contribution in [-0.2, 0) is 12.6 Å². The van der Waals surface area contributed by atoms with E-state index in [1.54, 1.807) is 12.1 Å². The Morgan fingerprint density at radius 2 is 1.45 bits per heavy atom.